The van der Waals surface area contributed by atoms with Crippen LogP contribution in [0.15, 0.2) is 42.6 Å². The van der Waals surface area contributed by atoms with E-state index in [0.717, 1.165) is 47.0 Å². The zero-order chi connectivity index (χ0) is 22.4. The van der Waals surface area contributed by atoms with Gasteiger partial charge in [-0.05, 0) is 54.0 Å². The van der Waals surface area contributed by atoms with E-state index in [0.29, 0.717) is 23.0 Å². The molecule has 31 heavy (non-hydrogen) atoms. The van der Waals surface area contributed by atoms with Crippen molar-refractivity contribution < 1.29 is 8.42 Å². The maximum atomic E-state index is 12.2. The standard InChI is InChI=1S/C24H28Cl2N2O2S/c1-24(2,3)15-28-14-17(10-11-27-31(29,30)19-6-7-19)21-8-4-16(12-23(21)28)20-9-5-18(25)13-22(20)26/h4-5,8-9,12-14,19,27H,6-7,10-11,15H2,1-3H3. The quantitative estimate of drug-likeness (QED) is 0.433. The molecule has 0 unspecified atom stereocenters. The van der Waals surface area contributed by atoms with Crippen LogP contribution in [0.3, 0.4) is 0 Å². The number of aromatic nitrogens is 1. The van der Waals surface area contributed by atoms with Crippen LogP contribution in [0.5, 0.6) is 0 Å². The molecule has 0 bridgehead atoms. The van der Waals surface area contributed by atoms with Gasteiger partial charge in [0, 0.05) is 45.8 Å². The lowest BCUT2D eigenvalue weighted by Crippen LogP contribution is -2.29. The average Bonchev–Trinajstić information content (AvgIpc) is 3.47. The topological polar surface area (TPSA) is 51.1 Å². The van der Waals surface area contributed by atoms with E-state index in [4.69, 9.17) is 23.2 Å². The maximum Gasteiger partial charge on any atom is 0.214 e. The van der Waals surface area contributed by atoms with Gasteiger partial charge in [0.2, 0.25) is 10.0 Å². The number of benzene rings is 2. The molecule has 2 aromatic carbocycles. The second kappa shape index (κ2) is 8.43. The lowest BCUT2D eigenvalue weighted by Gasteiger charge is -2.20. The first-order chi connectivity index (χ1) is 14.5. The Balaban J connectivity index is 1.68. The van der Waals surface area contributed by atoms with Crippen molar-refractivity contribution in [1.29, 1.82) is 0 Å². The molecular weight excluding hydrogens is 451 g/mol. The van der Waals surface area contributed by atoms with E-state index in [2.05, 4.69) is 54.5 Å². The molecule has 0 saturated heterocycles. The van der Waals surface area contributed by atoms with Gasteiger partial charge in [-0.3, -0.25) is 0 Å². The Morgan fingerprint density at radius 2 is 1.84 bits per heavy atom. The highest BCUT2D eigenvalue weighted by atomic mass is 35.5. The van der Waals surface area contributed by atoms with Crippen molar-refractivity contribution in [3.05, 3.63) is 58.2 Å². The number of hydrogen-bond donors (Lipinski definition) is 1. The molecule has 1 heterocycles. The smallest absolute Gasteiger partial charge is 0.214 e. The summed E-state index contributed by atoms with van der Waals surface area (Å²) in [6.45, 7) is 7.90. The average molecular weight is 479 g/mol. The number of hydrogen-bond acceptors (Lipinski definition) is 2. The molecule has 4 nitrogen and oxygen atoms in total. The van der Waals surface area contributed by atoms with Crippen LogP contribution in [-0.2, 0) is 23.0 Å². The van der Waals surface area contributed by atoms with Crippen molar-refractivity contribution in [2.45, 2.75) is 51.8 Å². The molecule has 1 fully saturated rings. The Hall–Kier alpha value is -1.53. The Morgan fingerprint density at radius 1 is 1.10 bits per heavy atom. The predicted octanol–water partition coefficient (Wildman–Crippen LogP) is 6.29. The summed E-state index contributed by atoms with van der Waals surface area (Å²) < 4.78 is 29.4. The van der Waals surface area contributed by atoms with Gasteiger partial charge in [0.15, 0.2) is 0 Å². The van der Waals surface area contributed by atoms with E-state index in [1.165, 1.54) is 0 Å². The molecule has 0 radical (unpaired) electrons. The second-order valence-electron chi connectivity index (χ2n) is 9.59. The van der Waals surface area contributed by atoms with E-state index in [1.807, 2.05) is 12.1 Å². The van der Waals surface area contributed by atoms with Gasteiger partial charge >= 0.3 is 0 Å². The third-order valence-corrected chi connectivity index (χ3v) is 8.02. The number of nitrogens with one attached hydrogen (secondary N) is 1. The summed E-state index contributed by atoms with van der Waals surface area (Å²) in [7, 11) is -3.17. The molecule has 1 aliphatic rings. The first kappa shape index (κ1) is 22.7. The first-order valence-electron chi connectivity index (χ1n) is 10.6. The summed E-state index contributed by atoms with van der Waals surface area (Å²) in [5, 5.41) is 2.18. The van der Waals surface area contributed by atoms with E-state index in [-0.39, 0.29) is 10.7 Å². The van der Waals surface area contributed by atoms with Crippen molar-refractivity contribution in [3.8, 4) is 11.1 Å². The molecule has 1 saturated carbocycles. The van der Waals surface area contributed by atoms with Gasteiger partial charge in [0.1, 0.15) is 0 Å². The molecule has 1 N–H and O–H groups in total. The van der Waals surface area contributed by atoms with Gasteiger partial charge in [-0.1, -0.05) is 62.2 Å². The summed E-state index contributed by atoms with van der Waals surface area (Å²) in [4.78, 5) is 0. The van der Waals surface area contributed by atoms with Gasteiger partial charge in [-0.2, -0.15) is 0 Å². The highest BCUT2D eigenvalue weighted by Crippen LogP contribution is 2.34. The monoisotopic (exact) mass is 478 g/mol. The van der Waals surface area contributed by atoms with E-state index in [9.17, 15) is 8.42 Å². The van der Waals surface area contributed by atoms with Gasteiger partial charge in [-0.25, -0.2) is 13.1 Å². The van der Waals surface area contributed by atoms with E-state index < -0.39 is 10.0 Å². The predicted molar refractivity (Wildman–Crippen MR) is 130 cm³/mol. The summed E-state index contributed by atoms with van der Waals surface area (Å²) >= 11 is 12.5. The van der Waals surface area contributed by atoms with Crippen molar-refractivity contribution in [3.63, 3.8) is 0 Å². The van der Waals surface area contributed by atoms with Crippen molar-refractivity contribution >= 4 is 44.1 Å². The van der Waals surface area contributed by atoms with Crippen LogP contribution >= 0.6 is 23.2 Å². The van der Waals surface area contributed by atoms with Crippen LogP contribution in [0.25, 0.3) is 22.0 Å². The summed E-state index contributed by atoms with van der Waals surface area (Å²) in [6.07, 6.45) is 4.36. The minimum Gasteiger partial charge on any atom is -0.347 e. The zero-order valence-corrected chi connectivity index (χ0v) is 20.4. The van der Waals surface area contributed by atoms with Crippen molar-refractivity contribution in [2.24, 2.45) is 5.41 Å². The molecule has 1 aromatic heterocycles. The summed E-state index contributed by atoms with van der Waals surface area (Å²) in [6, 6.07) is 11.9. The lowest BCUT2D eigenvalue weighted by atomic mass is 9.97. The minimum atomic E-state index is -3.17. The second-order valence-corrected chi connectivity index (χ2v) is 12.5. The Morgan fingerprint density at radius 3 is 2.48 bits per heavy atom. The molecule has 0 spiro atoms. The molecule has 0 amide bonds. The number of sulfonamides is 1. The molecule has 3 aromatic rings. The van der Waals surface area contributed by atoms with Crippen LogP contribution in [-0.4, -0.2) is 24.8 Å². The maximum absolute atomic E-state index is 12.2. The molecule has 7 heteroatoms. The van der Waals surface area contributed by atoms with Crippen LogP contribution in [0, 0.1) is 5.41 Å². The number of rotatable bonds is 7. The SMILES string of the molecule is CC(C)(C)Cn1cc(CCNS(=O)(=O)C2CC2)c2ccc(-c3ccc(Cl)cc3Cl)cc21. The van der Waals surface area contributed by atoms with E-state index >= 15 is 0 Å². The van der Waals surface area contributed by atoms with Crippen LogP contribution in [0.4, 0.5) is 0 Å². The largest absolute Gasteiger partial charge is 0.347 e. The molecule has 0 atom stereocenters. The number of nitrogens with zero attached hydrogens (tertiary/aromatic N) is 1. The molecule has 166 valence electrons. The fraction of sp³-hybridized carbons (Fsp3) is 0.417. The highest BCUT2D eigenvalue weighted by molar-refractivity contribution is 7.90. The number of fused-ring (bicyclic) bond motifs is 1. The Kier molecular flexibility index (Phi) is 6.16. The van der Waals surface area contributed by atoms with Crippen molar-refractivity contribution in [1.82, 2.24) is 9.29 Å². The van der Waals surface area contributed by atoms with Crippen LogP contribution in [0.2, 0.25) is 10.0 Å². The third kappa shape index (κ3) is 5.28. The minimum absolute atomic E-state index is 0.102. The highest BCUT2D eigenvalue weighted by Gasteiger charge is 2.35. The summed E-state index contributed by atoms with van der Waals surface area (Å²) in [5.74, 6) is 0. The molecule has 1 aliphatic carbocycles. The lowest BCUT2D eigenvalue weighted by molar-refractivity contribution is 0.349. The van der Waals surface area contributed by atoms with Crippen molar-refractivity contribution in [2.75, 3.05) is 6.54 Å². The molecule has 0 aliphatic heterocycles. The zero-order valence-electron chi connectivity index (χ0n) is 18.1. The Labute approximate surface area is 194 Å². The van der Waals surface area contributed by atoms with Gasteiger partial charge < -0.3 is 4.57 Å². The van der Waals surface area contributed by atoms with E-state index in [1.54, 1.807) is 6.07 Å². The Bertz CT molecular complexity index is 1220. The van der Waals surface area contributed by atoms with Gasteiger partial charge in [-0.15, -0.1) is 0 Å². The normalized spacial score (nSPS) is 15.0. The third-order valence-electron chi connectivity index (χ3n) is 5.51. The molecular formula is C24H28Cl2N2O2S. The summed E-state index contributed by atoms with van der Waals surface area (Å²) in [5.41, 5.74) is 4.34. The fourth-order valence-corrected chi connectivity index (χ4v) is 5.82. The van der Waals surface area contributed by atoms with Gasteiger partial charge in [0.25, 0.3) is 0 Å². The molecule has 4 rings (SSSR count). The van der Waals surface area contributed by atoms with Crippen LogP contribution in [0.1, 0.15) is 39.2 Å². The fourth-order valence-electron chi connectivity index (χ4n) is 3.92. The first-order valence-corrected chi connectivity index (χ1v) is 12.9. The number of halogens is 2. The van der Waals surface area contributed by atoms with Crippen LogP contribution < -0.4 is 4.72 Å². The van der Waals surface area contributed by atoms with Gasteiger partial charge in [0.05, 0.1) is 5.25 Å².